The molecule has 0 bridgehead atoms. The van der Waals surface area contributed by atoms with Crippen molar-refractivity contribution in [2.45, 2.75) is 70.4 Å². The van der Waals surface area contributed by atoms with Gasteiger partial charge in [0.1, 0.15) is 17.5 Å². The van der Waals surface area contributed by atoms with Crippen molar-refractivity contribution in [1.29, 1.82) is 0 Å². The summed E-state index contributed by atoms with van der Waals surface area (Å²) in [5.74, 6) is -0.272. The van der Waals surface area contributed by atoms with Gasteiger partial charge in [-0.3, -0.25) is 4.79 Å². The second-order valence-corrected chi connectivity index (χ2v) is 11.1. The summed E-state index contributed by atoms with van der Waals surface area (Å²) in [6.45, 7) is 2.25. The van der Waals surface area contributed by atoms with Gasteiger partial charge in [-0.25, -0.2) is 14.5 Å². The zero-order valence-corrected chi connectivity index (χ0v) is 20.9. The molecule has 2 saturated carbocycles. The first-order valence-corrected chi connectivity index (χ1v) is 13.4. The Labute approximate surface area is 209 Å². The van der Waals surface area contributed by atoms with E-state index in [-0.39, 0.29) is 28.8 Å². The molecule has 2 fully saturated rings. The van der Waals surface area contributed by atoms with Gasteiger partial charge in [0.15, 0.2) is 0 Å². The van der Waals surface area contributed by atoms with Crippen LogP contribution >= 0.6 is 11.3 Å². The van der Waals surface area contributed by atoms with Gasteiger partial charge in [-0.2, -0.15) is 5.10 Å². The maximum absolute atomic E-state index is 14.0. The van der Waals surface area contributed by atoms with E-state index >= 15 is 0 Å². The molecule has 8 heteroatoms. The predicted octanol–water partition coefficient (Wildman–Crippen LogP) is 6.05. The van der Waals surface area contributed by atoms with Crippen LogP contribution in [0.1, 0.15) is 74.0 Å². The number of carboxylic acids is 1. The lowest BCUT2D eigenvalue weighted by Crippen LogP contribution is -2.46. The molecular formula is C27H32N4O3S. The molecule has 1 N–H and O–H groups in total. The average Bonchev–Trinajstić information content (AvgIpc) is 3.57. The van der Waals surface area contributed by atoms with Crippen molar-refractivity contribution in [3.05, 3.63) is 53.9 Å². The third-order valence-electron chi connectivity index (χ3n) is 7.67. The third-order valence-corrected chi connectivity index (χ3v) is 8.83. The highest BCUT2D eigenvalue weighted by molar-refractivity contribution is 7.18. The Hall–Kier alpha value is -3.00. The number of hydrogen-bond acceptors (Lipinski definition) is 5. The molecule has 35 heavy (non-hydrogen) atoms. The van der Waals surface area contributed by atoms with Gasteiger partial charge in [-0.05, 0) is 68.9 Å². The van der Waals surface area contributed by atoms with Crippen LogP contribution in [0.15, 0.2) is 49.1 Å². The van der Waals surface area contributed by atoms with Crippen LogP contribution in [0.3, 0.4) is 0 Å². The van der Waals surface area contributed by atoms with Crippen LogP contribution in [0.5, 0.6) is 0 Å². The number of benzene rings is 1. The monoisotopic (exact) mass is 492 g/mol. The molecule has 0 aliphatic heterocycles. The summed E-state index contributed by atoms with van der Waals surface area (Å²) in [6.07, 6.45) is 10.6. The van der Waals surface area contributed by atoms with E-state index < -0.39 is 5.97 Å². The van der Waals surface area contributed by atoms with Gasteiger partial charge >= 0.3 is 5.97 Å². The molecule has 2 aliphatic carbocycles. The van der Waals surface area contributed by atoms with E-state index in [1.54, 1.807) is 12.7 Å². The molecule has 0 unspecified atom stereocenters. The number of carboxylic acid groups (broad SMARTS) is 1. The van der Waals surface area contributed by atoms with Crippen molar-refractivity contribution in [3.63, 3.8) is 0 Å². The van der Waals surface area contributed by atoms with E-state index in [9.17, 15) is 14.7 Å². The summed E-state index contributed by atoms with van der Waals surface area (Å²) in [5, 5.41) is 14.4. The fourth-order valence-corrected chi connectivity index (χ4v) is 6.64. The standard InChI is InChI=1S/C27H32N4O3S/c1-18-7-9-20(10-8-18)26(32)31(22-13-11-21(12-14-22)30-17-28-16-29-30)23-15-24(35-25(23)27(33)34)19-5-3-2-4-6-19/h2-6,15-18,20-22H,7-14H2,1H3,(H,33,34). The summed E-state index contributed by atoms with van der Waals surface area (Å²) in [7, 11) is 0. The molecule has 7 nitrogen and oxygen atoms in total. The molecule has 0 atom stereocenters. The average molecular weight is 493 g/mol. The zero-order chi connectivity index (χ0) is 24.4. The number of anilines is 1. The topological polar surface area (TPSA) is 88.3 Å². The van der Waals surface area contributed by atoms with Gasteiger partial charge in [0, 0.05) is 16.8 Å². The maximum Gasteiger partial charge on any atom is 0.348 e. The molecular weight excluding hydrogens is 460 g/mol. The van der Waals surface area contributed by atoms with Crippen LogP contribution in [-0.2, 0) is 4.79 Å². The molecule has 0 spiro atoms. The first-order chi connectivity index (χ1) is 17.0. The zero-order valence-electron chi connectivity index (χ0n) is 20.0. The summed E-state index contributed by atoms with van der Waals surface area (Å²) < 4.78 is 1.91. The maximum atomic E-state index is 14.0. The van der Waals surface area contributed by atoms with Crippen molar-refractivity contribution in [2.24, 2.45) is 11.8 Å². The Morgan fingerprint density at radius 1 is 1.03 bits per heavy atom. The number of amides is 1. The van der Waals surface area contributed by atoms with E-state index in [0.717, 1.165) is 61.8 Å². The van der Waals surface area contributed by atoms with Gasteiger partial charge in [-0.15, -0.1) is 11.3 Å². The van der Waals surface area contributed by atoms with Gasteiger partial charge in [0.05, 0.1) is 11.7 Å². The van der Waals surface area contributed by atoms with Crippen LogP contribution < -0.4 is 4.90 Å². The van der Waals surface area contributed by atoms with Gasteiger partial charge in [0.2, 0.25) is 5.91 Å². The number of rotatable bonds is 6. The molecule has 0 radical (unpaired) electrons. The number of nitrogens with zero attached hydrogens (tertiary/aromatic N) is 4. The highest BCUT2D eigenvalue weighted by atomic mass is 32.1. The van der Waals surface area contributed by atoms with Crippen molar-refractivity contribution in [3.8, 4) is 10.4 Å². The van der Waals surface area contributed by atoms with E-state index in [0.29, 0.717) is 11.6 Å². The normalized spacial score (nSPS) is 24.7. The number of hydrogen-bond donors (Lipinski definition) is 1. The Bertz CT molecular complexity index is 1140. The van der Waals surface area contributed by atoms with Gasteiger partial charge in [0.25, 0.3) is 0 Å². The molecule has 2 aromatic heterocycles. The van der Waals surface area contributed by atoms with E-state index in [1.165, 1.54) is 11.3 Å². The second-order valence-electron chi connectivity index (χ2n) is 10.00. The lowest BCUT2D eigenvalue weighted by molar-refractivity contribution is -0.124. The molecule has 184 valence electrons. The highest BCUT2D eigenvalue weighted by Gasteiger charge is 2.38. The number of aromatic nitrogens is 3. The minimum atomic E-state index is -0.974. The largest absolute Gasteiger partial charge is 0.477 e. The quantitative estimate of drug-likeness (QED) is 0.453. The van der Waals surface area contributed by atoms with Crippen LogP contribution in [0.4, 0.5) is 5.69 Å². The molecule has 1 aromatic carbocycles. The van der Waals surface area contributed by atoms with Crippen molar-refractivity contribution >= 4 is 28.9 Å². The molecule has 2 aliphatic rings. The fourth-order valence-electron chi connectivity index (χ4n) is 5.64. The summed E-state index contributed by atoms with van der Waals surface area (Å²) in [6, 6.07) is 12.0. The molecule has 2 heterocycles. The first kappa shape index (κ1) is 23.7. The minimum absolute atomic E-state index is 0.0158. The summed E-state index contributed by atoms with van der Waals surface area (Å²) >= 11 is 1.26. The van der Waals surface area contributed by atoms with E-state index in [4.69, 9.17) is 0 Å². The van der Waals surface area contributed by atoms with Crippen molar-refractivity contribution in [1.82, 2.24) is 14.8 Å². The van der Waals surface area contributed by atoms with E-state index in [2.05, 4.69) is 17.0 Å². The summed E-state index contributed by atoms with van der Waals surface area (Å²) in [4.78, 5) is 33.5. The summed E-state index contributed by atoms with van der Waals surface area (Å²) in [5.41, 5.74) is 1.54. The number of carbonyl (C=O) groups excluding carboxylic acids is 1. The second kappa shape index (κ2) is 10.3. The first-order valence-electron chi connectivity index (χ1n) is 12.6. The van der Waals surface area contributed by atoms with Crippen LogP contribution in [-0.4, -0.2) is 37.8 Å². The van der Waals surface area contributed by atoms with Gasteiger partial charge < -0.3 is 10.0 Å². The number of aromatic carboxylic acids is 1. The molecule has 1 amide bonds. The Morgan fingerprint density at radius 2 is 1.74 bits per heavy atom. The molecule has 0 saturated heterocycles. The Morgan fingerprint density at radius 3 is 2.37 bits per heavy atom. The number of carbonyl (C=O) groups is 2. The van der Waals surface area contributed by atoms with Crippen LogP contribution in [0, 0.1) is 11.8 Å². The highest BCUT2D eigenvalue weighted by Crippen LogP contribution is 2.42. The lowest BCUT2D eigenvalue weighted by atomic mass is 9.81. The number of thiophene rings is 1. The lowest BCUT2D eigenvalue weighted by Gasteiger charge is -2.39. The molecule has 3 aromatic rings. The minimum Gasteiger partial charge on any atom is -0.477 e. The van der Waals surface area contributed by atoms with Crippen LogP contribution in [0.2, 0.25) is 0 Å². The van der Waals surface area contributed by atoms with Crippen molar-refractivity contribution < 1.29 is 14.7 Å². The third kappa shape index (κ3) is 5.03. The predicted molar refractivity (Wildman–Crippen MR) is 137 cm³/mol. The van der Waals surface area contributed by atoms with Crippen molar-refractivity contribution in [2.75, 3.05) is 4.90 Å². The smallest absolute Gasteiger partial charge is 0.348 e. The SMILES string of the molecule is CC1CCC(C(=O)N(c2cc(-c3ccccc3)sc2C(=O)O)C2CCC(n3cncn3)CC2)CC1. The Kier molecular flexibility index (Phi) is 7.00. The van der Waals surface area contributed by atoms with Gasteiger partial charge in [-0.1, -0.05) is 37.3 Å². The fraction of sp³-hybridized carbons (Fsp3) is 0.481. The Balaban J connectivity index is 1.48. The van der Waals surface area contributed by atoms with E-state index in [1.807, 2.05) is 46.0 Å². The van der Waals surface area contributed by atoms with Crippen LogP contribution in [0.25, 0.3) is 10.4 Å². The molecule has 5 rings (SSSR count).